The third kappa shape index (κ3) is 2.20. The largest absolute Gasteiger partial charge is 0.493 e. The molecule has 0 bridgehead atoms. The van der Waals surface area contributed by atoms with Crippen molar-refractivity contribution in [3.8, 4) is 11.6 Å². The molecule has 98 valence electrons. The molecule has 1 N–H and O–H groups in total. The summed E-state index contributed by atoms with van der Waals surface area (Å²) in [5, 5.41) is 23.3. The van der Waals surface area contributed by atoms with Crippen molar-refractivity contribution in [3.05, 3.63) is 40.3 Å². The summed E-state index contributed by atoms with van der Waals surface area (Å²) < 4.78 is 6.03. The maximum atomic E-state index is 10.9. The highest BCUT2D eigenvalue weighted by Crippen LogP contribution is 2.23. The lowest BCUT2D eigenvalue weighted by Crippen LogP contribution is -2.04. The van der Waals surface area contributed by atoms with Gasteiger partial charge >= 0.3 is 11.7 Å². The summed E-state index contributed by atoms with van der Waals surface area (Å²) in [6, 6.07) is 3.19. The Morgan fingerprint density at radius 1 is 1.58 bits per heavy atom. The van der Waals surface area contributed by atoms with Gasteiger partial charge in [-0.15, -0.1) is 0 Å². The van der Waals surface area contributed by atoms with Crippen LogP contribution in [0.15, 0.2) is 24.5 Å². The van der Waals surface area contributed by atoms with Gasteiger partial charge in [-0.3, -0.25) is 10.1 Å². The molecule has 9 heteroatoms. The third-order valence-electron chi connectivity index (χ3n) is 2.28. The highest BCUT2D eigenvalue weighted by Gasteiger charge is 2.26. The Morgan fingerprint density at radius 2 is 2.32 bits per heavy atom. The average molecular weight is 264 g/mol. The van der Waals surface area contributed by atoms with E-state index in [4.69, 9.17) is 9.84 Å². The molecular formula is C10H8N4O5. The fraction of sp³-hybridized carbons (Fsp3) is 0.100. The van der Waals surface area contributed by atoms with Gasteiger partial charge in [-0.2, -0.15) is 5.10 Å². The van der Waals surface area contributed by atoms with E-state index in [-0.39, 0.29) is 5.82 Å². The number of carboxylic acids is 1. The number of ether oxygens (including phenoxy) is 1. The molecule has 0 fully saturated rings. The quantitative estimate of drug-likeness (QED) is 0.642. The number of aromatic carboxylic acids is 1. The monoisotopic (exact) mass is 264 g/mol. The van der Waals surface area contributed by atoms with Crippen molar-refractivity contribution in [2.45, 2.75) is 0 Å². The maximum absolute atomic E-state index is 10.9. The topological polar surface area (TPSA) is 120 Å². The van der Waals surface area contributed by atoms with Crippen molar-refractivity contribution in [2.75, 3.05) is 7.11 Å². The van der Waals surface area contributed by atoms with Gasteiger partial charge in [-0.05, 0) is 12.1 Å². The fourth-order valence-electron chi connectivity index (χ4n) is 1.47. The lowest BCUT2D eigenvalue weighted by molar-refractivity contribution is -0.385. The molecule has 0 aliphatic rings. The predicted molar refractivity (Wildman–Crippen MR) is 61.5 cm³/mol. The van der Waals surface area contributed by atoms with Crippen molar-refractivity contribution in [3.63, 3.8) is 0 Å². The third-order valence-corrected chi connectivity index (χ3v) is 2.28. The Morgan fingerprint density at radius 3 is 2.84 bits per heavy atom. The van der Waals surface area contributed by atoms with Crippen LogP contribution < -0.4 is 4.74 Å². The standard InChI is InChI=1S/C10H8N4O5/c1-19-7-3-2-4-11-9(7)13-5-6(14(17)18)8(12-13)10(15)16/h2-5H,1H3,(H,15,16). The first-order chi connectivity index (χ1) is 9.04. The SMILES string of the molecule is COc1cccnc1-n1cc([N+](=O)[O-])c(C(=O)O)n1. The molecule has 2 aromatic heterocycles. The van der Waals surface area contributed by atoms with E-state index < -0.39 is 22.3 Å². The van der Waals surface area contributed by atoms with Crippen LogP contribution in [0.3, 0.4) is 0 Å². The number of rotatable bonds is 4. The van der Waals surface area contributed by atoms with Crippen LogP contribution in [0.5, 0.6) is 5.75 Å². The Kier molecular flexibility index (Phi) is 3.10. The van der Waals surface area contributed by atoms with Crippen LogP contribution in [0, 0.1) is 10.1 Å². The average Bonchev–Trinajstić information content (AvgIpc) is 2.84. The minimum absolute atomic E-state index is 0.167. The molecule has 2 heterocycles. The molecule has 2 aromatic rings. The molecule has 0 saturated carbocycles. The van der Waals surface area contributed by atoms with Gasteiger partial charge in [0.25, 0.3) is 0 Å². The highest BCUT2D eigenvalue weighted by molar-refractivity contribution is 5.89. The summed E-state index contributed by atoms with van der Waals surface area (Å²) in [5.41, 5.74) is -1.27. The van der Waals surface area contributed by atoms with E-state index in [9.17, 15) is 14.9 Å². The van der Waals surface area contributed by atoms with Crippen molar-refractivity contribution in [1.82, 2.24) is 14.8 Å². The van der Waals surface area contributed by atoms with Crippen LogP contribution in [0.2, 0.25) is 0 Å². The maximum Gasteiger partial charge on any atom is 0.363 e. The van der Waals surface area contributed by atoms with E-state index >= 15 is 0 Å². The molecule has 0 unspecified atom stereocenters. The first-order valence-electron chi connectivity index (χ1n) is 5.01. The summed E-state index contributed by atoms with van der Waals surface area (Å²) >= 11 is 0. The van der Waals surface area contributed by atoms with Gasteiger partial charge in [-0.1, -0.05) is 0 Å². The molecule has 0 spiro atoms. The van der Waals surface area contributed by atoms with Crippen molar-refractivity contribution in [1.29, 1.82) is 0 Å². The van der Waals surface area contributed by atoms with Crippen LogP contribution in [0.1, 0.15) is 10.5 Å². The molecule has 0 aromatic carbocycles. The van der Waals surface area contributed by atoms with Crippen LogP contribution >= 0.6 is 0 Å². The van der Waals surface area contributed by atoms with Crippen molar-refractivity contribution < 1.29 is 19.6 Å². The zero-order valence-corrected chi connectivity index (χ0v) is 9.68. The fourth-order valence-corrected chi connectivity index (χ4v) is 1.47. The number of carboxylic acid groups (broad SMARTS) is 1. The molecule has 0 aliphatic carbocycles. The smallest absolute Gasteiger partial charge is 0.363 e. The van der Waals surface area contributed by atoms with Gasteiger partial charge < -0.3 is 9.84 Å². The number of carbonyl (C=O) groups is 1. The molecule has 0 atom stereocenters. The van der Waals surface area contributed by atoms with E-state index in [1.165, 1.54) is 13.3 Å². The summed E-state index contributed by atoms with van der Waals surface area (Å²) in [6.45, 7) is 0. The number of hydrogen-bond acceptors (Lipinski definition) is 6. The zero-order valence-electron chi connectivity index (χ0n) is 9.68. The van der Waals surface area contributed by atoms with Gasteiger partial charge in [0, 0.05) is 6.20 Å². The van der Waals surface area contributed by atoms with Gasteiger partial charge in [-0.25, -0.2) is 14.5 Å². The molecule has 19 heavy (non-hydrogen) atoms. The molecule has 2 rings (SSSR count). The van der Waals surface area contributed by atoms with E-state index in [2.05, 4.69) is 10.1 Å². The molecular weight excluding hydrogens is 256 g/mol. The first kappa shape index (κ1) is 12.5. The van der Waals surface area contributed by atoms with Gasteiger partial charge in [0.1, 0.15) is 6.20 Å². The Labute approximate surface area is 106 Å². The van der Waals surface area contributed by atoms with Crippen LogP contribution in [0.4, 0.5) is 5.69 Å². The van der Waals surface area contributed by atoms with E-state index in [1.54, 1.807) is 12.1 Å². The number of pyridine rings is 1. The summed E-state index contributed by atoms with van der Waals surface area (Å²) in [5.74, 6) is -1.00. The Bertz CT molecular complexity index is 620. The molecule has 0 aliphatic heterocycles. The number of hydrogen-bond donors (Lipinski definition) is 1. The number of nitro groups is 1. The van der Waals surface area contributed by atoms with Gasteiger partial charge in [0.15, 0.2) is 11.6 Å². The Balaban J connectivity index is 2.61. The second-order valence-electron chi connectivity index (χ2n) is 3.40. The number of methoxy groups -OCH3 is 1. The summed E-state index contributed by atoms with van der Waals surface area (Å²) in [4.78, 5) is 24.8. The molecule has 9 nitrogen and oxygen atoms in total. The summed E-state index contributed by atoms with van der Waals surface area (Å²) in [7, 11) is 1.40. The zero-order chi connectivity index (χ0) is 14.0. The van der Waals surface area contributed by atoms with Crippen LogP contribution in [0.25, 0.3) is 5.82 Å². The molecule has 0 saturated heterocycles. The lowest BCUT2D eigenvalue weighted by atomic mass is 10.4. The minimum Gasteiger partial charge on any atom is -0.493 e. The minimum atomic E-state index is -1.49. The van der Waals surface area contributed by atoms with Gasteiger partial charge in [0.2, 0.25) is 5.69 Å². The second-order valence-corrected chi connectivity index (χ2v) is 3.40. The molecule has 0 amide bonds. The summed E-state index contributed by atoms with van der Waals surface area (Å²) in [6.07, 6.45) is 2.42. The number of aromatic nitrogens is 3. The highest BCUT2D eigenvalue weighted by atomic mass is 16.6. The number of nitrogens with zero attached hydrogens (tertiary/aromatic N) is 4. The lowest BCUT2D eigenvalue weighted by Gasteiger charge is -2.05. The predicted octanol–water partition coefficient (Wildman–Crippen LogP) is 0.882. The van der Waals surface area contributed by atoms with Crippen LogP contribution in [-0.4, -0.2) is 37.9 Å². The van der Waals surface area contributed by atoms with Crippen LogP contribution in [-0.2, 0) is 0 Å². The van der Waals surface area contributed by atoms with E-state index in [0.29, 0.717) is 5.75 Å². The van der Waals surface area contributed by atoms with E-state index in [1.807, 2.05) is 0 Å². The molecule has 0 radical (unpaired) electrons. The second kappa shape index (κ2) is 4.72. The van der Waals surface area contributed by atoms with Crippen molar-refractivity contribution >= 4 is 11.7 Å². The first-order valence-corrected chi connectivity index (χ1v) is 5.01. The van der Waals surface area contributed by atoms with Gasteiger partial charge in [0.05, 0.1) is 12.0 Å². The van der Waals surface area contributed by atoms with E-state index in [0.717, 1.165) is 10.9 Å². The Hall–Kier alpha value is -2.97. The normalized spacial score (nSPS) is 10.2. The van der Waals surface area contributed by atoms with Crippen molar-refractivity contribution in [2.24, 2.45) is 0 Å².